The summed E-state index contributed by atoms with van der Waals surface area (Å²) in [6.45, 7) is 6.54. The molecule has 0 spiro atoms. The summed E-state index contributed by atoms with van der Waals surface area (Å²) in [4.78, 5) is 15.9. The molecule has 0 atom stereocenters. The molecule has 1 amide bonds. The predicted octanol–water partition coefficient (Wildman–Crippen LogP) is 3.16. The first-order valence-electron chi connectivity index (χ1n) is 6.66. The SMILES string of the molecule is CC(C)(C)OC(=O)Nc1[nH]ncc1CNCc1ncc(Cl)s1. The number of carbonyl (C=O) groups is 1. The second-order valence-electron chi connectivity index (χ2n) is 5.56. The molecular weight excluding hydrogens is 326 g/mol. The molecule has 2 aromatic rings. The van der Waals surface area contributed by atoms with Gasteiger partial charge in [0, 0.05) is 18.7 Å². The van der Waals surface area contributed by atoms with Crippen LogP contribution in [0.25, 0.3) is 0 Å². The van der Waals surface area contributed by atoms with Crippen LogP contribution in [0.3, 0.4) is 0 Å². The van der Waals surface area contributed by atoms with E-state index in [0.717, 1.165) is 10.6 Å². The third kappa shape index (κ3) is 5.28. The number of carbonyl (C=O) groups excluding carboxylic acids is 1. The van der Waals surface area contributed by atoms with E-state index < -0.39 is 11.7 Å². The van der Waals surface area contributed by atoms with Crippen molar-refractivity contribution in [2.75, 3.05) is 5.32 Å². The second kappa shape index (κ2) is 7.08. The Hall–Kier alpha value is -1.64. The highest BCUT2D eigenvalue weighted by Crippen LogP contribution is 2.18. The van der Waals surface area contributed by atoms with E-state index in [-0.39, 0.29) is 0 Å². The van der Waals surface area contributed by atoms with Crippen molar-refractivity contribution in [3.63, 3.8) is 0 Å². The van der Waals surface area contributed by atoms with Crippen molar-refractivity contribution >= 4 is 34.8 Å². The Labute approximate surface area is 137 Å². The highest BCUT2D eigenvalue weighted by atomic mass is 35.5. The van der Waals surface area contributed by atoms with E-state index in [1.54, 1.807) is 33.2 Å². The smallest absolute Gasteiger partial charge is 0.413 e. The van der Waals surface area contributed by atoms with Crippen LogP contribution in [-0.2, 0) is 17.8 Å². The molecule has 9 heteroatoms. The summed E-state index contributed by atoms with van der Waals surface area (Å²) in [6, 6.07) is 0. The molecule has 0 aliphatic carbocycles. The van der Waals surface area contributed by atoms with Crippen LogP contribution in [0, 0.1) is 0 Å². The first kappa shape index (κ1) is 16.7. The van der Waals surface area contributed by atoms with E-state index in [4.69, 9.17) is 16.3 Å². The van der Waals surface area contributed by atoms with Gasteiger partial charge in [0.1, 0.15) is 20.8 Å². The molecule has 2 rings (SSSR count). The summed E-state index contributed by atoms with van der Waals surface area (Å²) in [5, 5.41) is 13.4. The molecule has 2 heterocycles. The third-order valence-electron chi connectivity index (χ3n) is 2.46. The van der Waals surface area contributed by atoms with Crippen LogP contribution in [-0.4, -0.2) is 26.9 Å². The van der Waals surface area contributed by atoms with Gasteiger partial charge >= 0.3 is 6.09 Å². The van der Waals surface area contributed by atoms with Gasteiger partial charge in [-0.25, -0.2) is 9.78 Å². The number of ether oxygens (including phenoxy) is 1. The zero-order chi connectivity index (χ0) is 16.2. The molecule has 120 valence electrons. The molecule has 3 N–H and O–H groups in total. The van der Waals surface area contributed by atoms with Crippen molar-refractivity contribution in [2.24, 2.45) is 0 Å². The minimum absolute atomic E-state index is 0.513. The highest BCUT2D eigenvalue weighted by Gasteiger charge is 2.17. The maximum atomic E-state index is 11.8. The molecule has 0 saturated heterocycles. The van der Waals surface area contributed by atoms with E-state index in [1.807, 2.05) is 0 Å². The number of H-pyrrole nitrogens is 1. The van der Waals surface area contributed by atoms with Crippen molar-refractivity contribution in [3.05, 3.63) is 27.3 Å². The summed E-state index contributed by atoms with van der Waals surface area (Å²) in [5.74, 6) is 0.513. The first-order valence-corrected chi connectivity index (χ1v) is 7.86. The molecule has 0 radical (unpaired) electrons. The minimum Gasteiger partial charge on any atom is -0.444 e. The molecule has 0 aromatic carbocycles. The lowest BCUT2D eigenvalue weighted by atomic mass is 10.2. The Balaban J connectivity index is 1.85. The van der Waals surface area contributed by atoms with Gasteiger partial charge in [-0.2, -0.15) is 5.10 Å². The number of hydrogen-bond acceptors (Lipinski definition) is 6. The van der Waals surface area contributed by atoms with Crippen molar-refractivity contribution in [1.29, 1.82) is 0 Å². The Bertz CT molecular complexity index is 634. The molecule has 2 aromatic heterocycles. The Morgan fingerprint density at radius 3 is 2.82 bits per heavy atom. The van der Waals surface area contributed by atoms with Gasteiger partial charge in [-0.1, -0.05) is 11.6 Å². The average molecular weight is 344 g/mol. The summed E-state index contributed by atoms with van der Waals surface area (Å²) >= 11 is 7.25. The number of halogens is 1. The number of thiazole rings is 1. The molecular formula is C13H18ClN5O2S. The fraction of sp³-hybridized carbons (Fsp3) is 0.462. The fourth-order valence-corrected chi connectivity index (χ4v) is 2.56. The number of amides is 1. The Morgan fingerprint density at radius 2 is 2.18 bits per heavy atom. The van der Waals surface area contributed by atoms with E-state index in [9.17, 15) is 4.79 Å². The lowest BCUT2D eigenvalue weighted by Crippen LogP contribution is -2.27. The largest absolute Gasteiger partial charge is 0.444 e. The first-order chi connectivity index (χ1) is 10.3. The molecule has 0 aliphatic heterocycles. The van der Waals surface area contributed by atoms with Gasteiger partial charge in [0.05, 0.1) is 12.4 Å². The number of aromatic nitrogens is 3. The number of hydrogen-bond donors (Lipinski definition) is 3. The number of nitrogens with zero attached hydrogens (tertiary/aromatic N) is 2. The number of rotatable bonds is 5. The van der Waals surface area contributed by atoms with E-state index >= 15 is 0 Å². The maximum absolute atomic E-state index is 11.8. The van der Waals surface area contributed by atoms with Gasteiger partial charge in [-0.15, -0.1) is 11.3 Å². The molecule has 0 unspecified atom stereocenters. The van der Waals surface area contributed by atoms with Crippen molar-refractivity contribution in [2.45, 2.75) is 39.5 Å². The summed E-state index contributed by atoms with van der Waals surface area (Å²) in [6.07, 6.45) is 2.75. The standard InChI is InChI=1S/C13H18ClN5O2S/c1-13(2,3)21-12(20)18-11-8(5-17-19-11)4-15-7-10-16-6-9(14)22-10/h5-6,15H,4,7H2,1-3H3,(H2,17,18,19,20). The third-order valence-corrected chi connectivity index (χ3v) is 3.58. The Morgan fingerprint density at radius 1 is 1.41 bits per heavy atom. The van der Waals surface area contributed by atoms with Gasteiger partial charge in [0.25, 0.3) is 0 Å². The summed E-state index contributed by atoms with van der Waals surface area (Å²) < 4.78 is 5.86. The van der Waals surface area contributed by atoms with Crippen LogP contribution in [0.2, 0.25) is 4.34 Å². The maximum Gasteiger partial charge on any atom is 0.413 e. The lowest BCUT2D eigenvalue weighted by Gasteiger charge is -2.19. The molecule has 0 fully saturated rings. The summed E-state index contributed by atoms with van der Waals surface area (Å²) in [5.41, 5.74) is 0.278. The van der Waals surface area contributed by atoms with Crippen molar-refractivity contribution in [1.82, 2.24) is 20.5 Å². The van der Waals surface area contributed by atoms with E-state index in [0.29, 0.717) is 23.2 Å². The normalized spacial score (nSPS) is 11.5. The second-order valence-corrected chi connectivity index (χ2v) is 7.31. The number of anilines is 1. The number of aromatic amines is 1. The van der Waals surface area contributed by atoms with Crippen LogP contribution < -0.4 is 10.6 Å². The van der Waals surface area contributed by atoms with Gasteiger partial charge in [-0.3, -0.25) is 10.4 Å². The molecule has 0 bridgehead atoms. The van der Waals surface area contributed by atoms with Crippen LogP contribution in [0.4, 0.5) is 10.6 Å². The highest BCUT2D eigenvalue weighted by molar-refractivity contribution is 7.15. The Kier molecular flexibility index (Phi) is 5.38. The summed E-state index contributed by atoms with van der Waals surface area (Å²) in [7, 11) is 0. The van der Waals surface area contributed by atoms with Gasteiger partial charge in [0.2, 0.25) is 0 Å². The van der Waals surface area contributed by atoms with Crippen LogP contribution >= 0.6 is 22.9 Å². The topological polar surface area (TPSA) is 91.9 Å². The minimum atomic E-state index is -0.549. The average Bonchev–Trinajstić information content (AvgIpc) is 2.97. The van der Waals surface area contributed by atoms with Gasteiger partial charge in [0.15, 0.2) is 0 Å². The zero-order valence-electron chi connectivity index (χ0n) is 12.6. The molecule has 0 saturated carbocycles. The monoisotopic (exact) mass is 343 g/mol. The van der Waals surface area contributed by atoms with Crippen LogP contribution in [0.5, 0.6) is 0 Å². The quantitative estimate of drug-likeness (QED) is 0.775. The van der Waals surface area contributed by atoms with Crippen molar-refractivity contribution in [3.8, 4) is 0 Å². The van der Waals surface area contributed by atoms with Gasteiger partial charge in [-0.05, 0) is 20.8 Å². The number of nitrogens with one attached hydrogen (secondary N) is 3. The predicted molar refractivity (Wildman–Crippen MR) is 86.1 cm³/mol. The lowest BCUT2D eigenvalue weighted by molar-refractivity contribution is 0.0635. The van der Waals surface area contributed by atoms with Crippen molar-refractivity contribution < 1.29 is 9.53 Å². The zero-order valence-corrected chi connectivity index (χ0v) is 14.1. The van der Waals surface area contributed by atoms with Crippen LogP contribution in [0.15, 0.2) is 12.4 Å². The van der Waals surface area contributed by atoms with E-state index in [1.165, 1.54) is 11.3 Å². The fourth-order valence-electron chi connectivity index (χ4n) is 1.63. The molecule has 7 nitrogen and oxygen atoms in total. The molecule has 22 heavy (non-hydrogen) atoms. The van der Waals surface area contributed by atoms with Gasteiger partial charge < -0.3 is 10.1 Å². The van der Waals surface area contributed by atoms with E-state index in [2.05, 4.69) is 25.8 Å². The molecule has 0 aliphatic rings. The van der Waals surface area contributed by atoms with Crippen LogP contribution in [0.1, 0.15) is 31.3 Å².